The zero-order chi connectivity index (χ0) is 18.6. The molecule has 0 unspecified atom stereocenters. The molecule has 0 aromatic carbocycles. The summed E-state index contributed by atoms with van der Waals surface area (Å²) in [6, 6.07) is 1.14. The minimum absolute atomic E-state index is 0.0333. The van der Waals surface area contributed by atoms with Crippen molar-refractivity contribution in [3.8, 4) is 0 Å². The lowest BCUT2D eigenvalue weighted by Gasteiger charge is -2.55. The smallest absolute Gasteiger partial charge is 0.201 e. The van der Waals surface area contributed by atoms with Crippen LogP contribution in [0.2, 0.25) is 16.1 Å². The Hall–Kier alpha value is -0.573. The van der Waals surface area contributed by atoms with E-state index < -0.39 is 8.24 Å². The first-order chi connectivity index (χ1) is 9.86. The van der Waals surface area contributed by atoms with Crippen LogP contribution in [0, 0.1) is 10.8 Å². The van der Waals surface area contributed by atoms with Gasteiger partial charge in [0.25, 0.3) is 0 Å². The van der Waals surface area contributed by atoms with E-state index in [1.165, 1.54) is 11.4 Å². The fourth-order valence-electron chi connectivity index (χ4n) is 3.87. The van der Waals surface area contributed by atoms with Crippen molar-refractivity contribution in [3.05, 3.63) is 12.3 Å². The van der Waals surface area contributed by atoms with Crippen LogP contribution < -0.4 is 0 Å². The van der Waals surface area contributed by atoms with E-state index in [-0.39, 0.29) is 20.9 Å². The first-order valence-electron chi connectivity index (χ1n) is 8.93. The van der Waals surface area contributed by atoms with Crippen molar-refractivity contribution in [2.24, 2.45) is 15.9 Å². The molecule has 0 saturated heterocycles. The average Bonchev–Trinajstić information content (AvgIpc) is 2.65. The molecule has 0 fully saturated rings. The van der Waals surface area contributed by atoms with Gasteiger partial charge in [0.1, 0.15) is 0 Å². The molecule has 0 bridgehead atoms. The monoisotopic (exact) mass is 336 g/mol. The van der Waals surface area contributed by atoms with Crippen LogP contribution in [0.4, 0.5) is 0 Å². The van der Waals surface area contributed by atoms with Crippen molar-refractivity contribution in [2.45, 2.75) is 99.2 Å². The molecule has 0 N–H and O–H groups in total. The van der Waals surface area contributed by atoms with Gasteiger partial charge in [0, 0.05) is 28.3 Å². The fourth-order valence-corrected chi connectivity index (χ4v) is 10.8. The second-order valence-corrected chi connectivity index (χ2v) is 16.8. The van der Waals surface area contributed by atoms with E-state index in [1.54, 1.807) is 0 Å². The summed E-state index contributed by atoms with van der Waals surface area (Å²) in [6.45, 7) is 32.6. The molecule has 0 atom stereocenters. The molecule has 1 heterocycles. The highest BCUT2D eigenvalue weighted by Gasteiger charge is 2.62. The van der Waals surface area contributed by atoms with E-state index in [0.717, 1.165) is 6.04 Å². The molecular weight excluding hydrogens is 296 g/mol. The molecule has 1 rings (SSSR count). The van der Waals surface area contributed by atoms with Gasteiger partial charge in [-0.15, -0.1) is 0 Å². The maximum atomic E-state index is 5.22. The van der Waals surface area contributed by atoms with Crippen molar-refractivity contribution in [1.29, 1.82) is 0 Å². The molecule has 0 amide bonds. The molecule has 1 aliphatic rings. The number of nitrogens with zero attached hydrogens (tertiary/aromatic N) is 2. The molecule has 1 aliphatic heterocycles. The van der Waals surface area contributed by atoms with E-state index in [2.05, 4.69) is 94.3 Å². The zero-order valence-electron chi connectivity index (χ0n) is 17.8. The minimum Gasteiger partial charge on any atom is -0.297 e. The van der Waals surface area contributed by atoms with Crippen LogP contribution in [-0.2, 0) is 0 Å². The van der Waals surface area contributed by atoms with Gasteiger partial charge in [-0.25, -0.2) is 0 Å². The summed E-state index contributed by atoms with van der Waals surface area (Å²) in [7, 11) is -1.98. The molecule has 0 aromatic heterocycles. The van der Waals surface area contributed by atoms with Crippen LogP contribution in [0.3, 0.4) is 0 Å². The molecule has 3 heteroatoms. The minimum atomic E-state index is -1.98. The summed E-state index contributed by atoms with van der Waals surface area (Å²) in [4.78, 5) is 0. The first-order valence-corrected chi connectivity index (χ1v) is 11.1. The molecule has 0 saturated carbocycles. The summed E-state index contributed by atoms with van der Waals surface area (Å²) >= 11 is 0. The maximum absolute atomic E-state index is 5.22. The predicted molar refractivity (Wildman–Crippen MR) is 107 cm³/mol. The number of hydrogen-bond acceptors (Lipinski definition) is 2. The quantitative estimate of drug-likeness (QED) is 0.480. The summed E-state index contributed by atoms with van der Waals surface area (Å²) in [5, 5.41) is 5.66. The lowest BCUT2D eigenvalue weighted by molar-refractivity contribution is 0.352. The second-order valence-electron chi connectivity index (χ2n) is 11.3. The van der Waals surface area contributed by atoms with Crippen molar-refractivity contribution in [2.75, 3.05) is 0 Å². The topological polar surface area (TPSA) is 15.6 Å². The van der Waals surface area contributed by atoms with Crippen molar-refractivity contribution >= 4 is 13.9 Å². The average molecular weight is 337 g/mol. The Labute approximate surface area is 146 Å². The van der Waals surface area contributed by atoms with Crippen LogP contribution >= 0.6 is 0 Å². The number of hydrogen-bond donors (Lipinski definition) is 0. The molecule has 0 aliphatic carbocycles. The summed E-state index contributed by atoms with van der Waals surface area (Å²) in [5.74, 6) is 0. The molecule has 0 aromatic rings. The van der Waals surface area contributed by atoms with Gasteiger partial charge in [-0.3, -0.25) is 4.67 Å². The Morgan fingerprint density at radius 1 is 0.870 bits per heavy atom. The van der Waals surface area contributed by atoms with Gasteiger partial charge in [0.15, 0.2) is 0 Å². The van der Waals surface area contributed by atoms with E-state index in [4.69, 9.17) is 5.10 Å². The van der Waals surface area contributed by atoms with E-state index in [0.29, 0.717) is 0 Å². The third-order valence-corrected chi connectivity index (χ3v) is 12.4. The lowest BCUT2D eigenvalue weighted by atomic mass is 9.91. The third-order valence-electron chi connectivity index (χ3n) is 5.47. The van der Waals surface area contributed by atoms with Crippen LogP contribution in [0.15, 0.2) is 17.4 Å². The normalized spacial score (nSPS) is 19.8. The van der Waals surface area contributed by atoms with Gasteiger partial charge in [-0.2, -0.15) is 5.10 Å². The van der Waals surface area contributed by atoms with Gasteiger partial charge < -0.3 is 0 Å². The lowest BCUT2D eigenvalue weighted by Crippen LogP contribution is -2.61. The molecule has 134 valence electrons. The highest BCUT2D eigenvalue weighted by atomic mass is 28.3. The highest BCUT2D eigenvalue weighted by molar-refractivity contribution is 6.86. The SMILES string of the molecule is C=C(N1N=C(C(C)(C)C)C[Si]1(C(C)(C)C)C(C)(C)C)C(C)(C)C. The Kier molecular flexibility index (Phi) is 4.87. The van der Waals surface area contributed by atoms with Gasteiger partial charge in [0.2, 0.25) is 8.24 Å². The van der Waals surface area contributed by atoms with Gasteiger partial charge >= 0.3 is 0 Å². The molecular formula is C20H40N2Si. The van der Waals surface area contributed by atoms with Crippen LogP contribution in [0.25, 0.3) is 0 Å². The van der Waals surface area contributed by atoms with Crippen LogP contribution in [0.1, 0.15) is 83.1 Å². The van der Waals surface area contributed by atoms with Gasteiger partial charge in [-0.1, -0.05) is 89.7 Å². The summed E-state index contributed by atoms with van der Waals surface area (Å²) in [6.07, 6.45) is 0. The Balaban J connectivity index is 3.65. The number of allylic oxidation sites excluding steroid dienone is 1. The van der Waals surface area contributed by atoms with E-state index >= 15 is 0 Å². The standard InChI is InChI=1S/C20H40N2Si/c1-15(17(2,3)4)22-21-16(18(5,6)7)14-23(22,19(8,9)10)20(11,12)13/h1,14H2,2-13H3. The Bertz CT molecular complexity index is 488. The molecule has 2 nitrogen and oxygen atoms in total. The van der Waals surface area contributed by atoms with Crippen molar-refractivity contribution in [3.63, 3.8) is 0 Å². The van der Waals surface area contributed by atoms with E-state index in [9.17, 15) is 0 Å². The third kappa shape index (κ3) is 3.45. The largest absolute Gasteiger partial charge is 0.297 e. The van der Waals surface area contributed by atoms with Crippen molar-refractivity contribution < 1.29 is 0 Å². The van der Waals surface area contributed by atoms with Crippen molar-refractivity contribution in [1.82, 2.24) is 4.67 Å². The highest BCUT2D eigenvalue weighted by Crippen LogP contribution is 2.60. The summed E-state index contributed by atoms with van der Waals surface area (Å²) < 4.78 is 2.44. The van der Waals surface area contributed by atoms with Gasteiger partial charge in [-0.05, 0) is 10.1 Å². The Morgan fingerprint density at radius 3 is 1.52 bits per heavy atom. The number of hydrazone groups is 1. The predicted octanol–water partition coefficient (Wildman–Crippen LogP) is 6.81. The van der Waals surface area contributed by atoms with Crippen LogP contribution in [-0.4, -0.2) is 18.6 Å². The Morgan fingerprint density at radius 2 is 1.26 bits per heavy atom. The summed E-state index contributed by atoms with van der Waals surface area (Å²) in [5.41, 5.74) is 2.67. The zero-order valence-corrected chi connectivity index (χ0v) is 18.8. The first kappa shape index (κ1) is 20.5. The second kappa shape index (κ2) is 5.47. The molecule has 23 heavy (non-hydrogen) atoms. The number of rotatable bonds is 1. The van der Waals surface area contributed by atoms with Crippen LogP contribution in [0.5, 0.6) is 0 Å². The fraction of sp³-hybridized carbons (Fsp3) is 0.850. The maximum Gasteiger partial charge on any atom is 0.201 e. The van der Waals surface area contributed by atoms with Gasteiger partial charge in [0.05, 0.1) is 0 Å². The van der Waals surface area contributed by atoms with E-state index in [1.807, 2.05) is 0 Å². The molecule has 0 radical (unpaired) electrons. The molecule has 0 spiro atoms.